The topological polar surface area (TPSA) is 20.2 Å². The molecule has 2 rings (SSSR count). The van der Waals surface area contributed by atoms with Crippen molar-refractivity contribution in [1.29, 1.82) is 0 Å². The molecule has 70 valence electrons. The van der Waals surface area contributed by atoms with Crippen molar-refractivity contribution in [2.45, 2.75) is 0 Å². The average molecular weight is 188 g/mol. The number of hydrogen-bond acceptors (Lipinski definition) is 1. The van der Waals surface area contributed by atoms with E-state index in [1.807, 2.05) is 18.2 Å². The molecule has 0 aliphatic carbocycles. The van der Waals surface area contributed by atoms with Crippen molar-refractivity contribution >= 4 is 0 Å². The number of hydrogen-bond donors (Lipinski definition) is 1. The lowest BCUT2D eigenvalue weighted by atomic mass is 10.1. The van der Waals surface area contributed by atoms with Crippen LogP contribution in [-0.4, -0.2) is 5.11 Å². The molecule has 0 bridgehead atoms. The Labute approximate surface area is 81.4 Å². The molecule has 2 aromatic rings. The van der Waals surface area contributed by atoms with E-state index in [0.717, 1.165) is 5.56 Å². The zero-order valence-electron chi connectivity index (χ0n) is 7.44. The van der Waals surface area contributed by atoms with Gasteiger partial charge in [-0.05, 0) is 23.8 Å². The van der Waals surface area contributed by atoms with Crippen molar-refractivity contribution in [2.24, 2.45) is 0 Å². The van der Waals surface area contributed by atoms with Gasteiger partial charge in [-0.2, -0.15) is 0 Å². The Hall–Kier alpha value is -1.83. The molecular weight excluding hydrogens is 179 g/mol. The van der Waals surface area contributed by atoms with Gasteiger partial charge in [-0.1, -0.05) is 30.3 Å². The molecule has 0 aliphatic rings. The number of phenolic OH excluding ortho intramolecular Hbond substituents is 1. The molecule has 0 unspecified atom stereocenters. The molecule has 0 atom stereocenters. The van der Waals surface area contributed by atoms with Crippen LogP contribution in [0.25, 0.3) is 11.1 Å². The molecule has 2 aromatic carbocycles. The second-order valence-electron chi connectivity index (χ2n) is 3.03. The summed E-state index contributed by atoms with van der Waals surface area (Å²) in [7, 11) is 0. The van der Waals surface area contributed by atoms with E-state index in [0.29, 0.717) is 5.56 Å². The minimum absolute atomic E-state index is 0.0743. The van der Waals surface area contributed by atoms with E-state index in [2.05, 4.69) is 0 Å². The summed E-state index contributed by atoms with van der Waals surface area (Å²) in [6.45, 7) is 0. The third-order valence-electron chi connectivity index (χ3n) is 2.03. The van der Waals surface area contributed by atoms with Gasteiger partial charge in [-0.3, -0.25) is 0 Å². The maximum absolute atomic E-state index is 13.3. The van der Waals surface area contributed by atoms with E-state index < -0.39 is 0 Å². The number of phenols is 1. The quantitative estimate of drug-likeness (QED) is 0.728. The van der Waals surface area contributed by atoms with Crippen LogP contribution in [0.15, 0.2) is 48.5 Å². The van der Waals surface area contributed by atoms with E-state index >= 15 is 0 Å². The highest BCUT2D eigenvalue weighted by Gasteiger charge is 2.04. The van der Waals surface area contributed by atoms with Crippen LogP contribution in [0, 0.1) is 5.82 Å². The van der Waals surface area contributed by atoms with E-state index in [1.165, 1.54) is 18.2 Å². The molecule has 14 heavy (non-hydrogen) atoms. The van der Waals surface area contributed by atoms with Gasteiger partial charge in [0.15, 0.2) is 0 Å². The maximum Gasteiger partial charge on any atom is 0.131 e. The van der Waals surface area contributed by atoms with E-state index in [1.54, 1.807) is 12.1 Å². The van der Waals surface area contributed by atoms with E-state index in [9.17, 15) is 9.50 Å². The Morgan fingerprint density at radius 2 is 1.64 bits per heavy atom. The summed E-state index contributed by atoms with van der Waals surface area (Å²) in [6, 6.07) is 13.2. The number of aromatic hydroxyl groups is 1. The molecule has 0 fully saturated rings. The fourth-order valence-electron chi connectivity index (χ4n) is 1.35. The fourth-order valence-corrected chi connectivity index (χ4v) is 1.35. The smallest absolute Gasteiger partial charge is 0.131 e. The SMILES string of the molecule is Oc1ccc(F)c(-c2ccccc2)c1. The van der Waals surface area contributed by atoms with Gasteiger partial charge < -0.3 is 5.11 Å². The van der Waals surface area contributed by atoms with Crippen molar-refractivity contribution in [2.75, 3.05) is 0 Å². The molecule has 0 heterocycles. The van der Waals surface area contributed by atoms with Gasteiger partial charge in [-0.25, -0.2) is 4.39 Å². The first kappa shape index (κ1) is 8.75. The van der Waals surface area contributed by atoms with Gasteiger partial charge in [0.05, 0.1) is 0 Å². The van der Waals surface area contributed by atoms with Crippen LogP contribution in [0.3, 0.4) is 0 Å². The molecule has 0 saturated heterocycles. The van der Waals surface area contributed by atoms with Crippen molar-refractivity contribution < 1.29 is 9.50 Å². The standard InChI is InChI=1S/C12H9FO/c13-12-7-6-10(14)8-11(12)9-4-2-1-3-5-9/h1-8,14H. The summed E-state index contributed by atoms with van der Waals surface area (Å²) in [6.07, 6.45) is 0. The molecule has 0 spiro atoms. The molecule has 0 aromatic heterocycles. The molecule has 1 nitrogen and oxygen atoms in total. The van der Waals surface area contributed by atoms with Crippen LogP contribution >= 0.6 is 0 Å². The van der Waals surface area contributed by atoms with Crippen LogP contribution in [0.5, 0.6) is 5.75 Å². The second-order valence-corrected chi connectivity index (χ2v) is 3.03. The Balaban J connectivity index is 2.57. The Morgan fingerprint density at radius 3 is 2.36 bits per heavy atom. The zero-order chi connectivity index (χ0) is 9.97. The van der Waals surface area contributed by atoms with Crippen molar-refractivity contribution in [3.05, 3.63) is 54.3 Å². The Kier molecular flexibility index (Phi) is 2.19. The second kappa shape index (κ2) is 3.50. The number of halogens is 1. The van der Waals surface area contributed by atoms with Gasteiger partial charge in [0.1, 0.15) is 11.6 Å². The molecule has 0 aliphatic heterocycles. The Bertz CT molecular complexity index is 437. The van der Waals surface area contributed by atoms with E-state index in [-0.39, 0.29) is 11.6 Å². The molecule has 0 saturated carbocycles. The molecule has 2 heteroatoms. The van der Waals surface area contributed by atoms with Crippen LogP contribution in [0.2, 0.25) is 0 Å². The largest absolute Gasteiger partial charge is 0.508 e. The summed E-state index contributed by atoms with van der Waals surface area (Å²) >= 11 is 0. The predicted molar refractivity (Wildman–Crippen MR) is 53.5 cm³/mol. The first-order valence-corrected chi connectivity index (χ1v) is 4.31. The molecular formula is C12H9FO. The summed E-state index contributed by atoms with van der Waals surface area (Å²) in [5.41, 5.74) is 1.19. The molecule has 1 N–H and O–H groups in total. The summed E-state index contributed by atoms with van der Waals surface area (Å²) in [5.74, 6) is -0.251. The highest BCUT2D eigenvalue weighted by atomic mass is 19.1. The lowest BCUT2D eigenvalue weighted by Crippen LogP contribution is -1.82. The van der Waals surface area contributed by atoms with Gasteiger partial charge in [0, 0.05) is 5.56 Å². The first-order chi connectivity index (χ1) is 6.77. The monoisotopic (exact) mass is 188 g/mol. The fraction of sp³-hybridized carbons (Fsp3) is 0. The normalized spacial score (nSPS) is 10.1. The zero-order valence-corrected chi connectivity index (χ0v) is 7.44. The number of benzene rings is 2. The van der Waals surface area contributed by atoms with Gasteiger partial charge >= 0.3 is 0 Å². The van der Waals surface area contributed by atoms with Crippen LogP contribution < -0.4 is 0 Å². The maximum atomic E-state index is 13.3. The van der Waals surface area contributed by atoms with Crippen molar-refractivity contribution in [1.82, 2.24) is 0 Å². The van der Waals surface area contributed by atoms with Gasteiger partial charge in [0.25, 0.3) is 0 Å². The third kappa shape index (κ3) is 1.59. The van der Waals surface area contributed by atoms with Gasteiger partial charge in [0.2, 0.25) is 0 Å². The third-order valence-corrected chi connectivity index (χ3v) is 2.03. The van der Waals surface area contributed by atoms with Gasteiger partial charge in [-0.15, -0.1) is 0 Å². The van der Waals surface area contributed by atoms with Crippen molar-refractivity contribution in [3.8, 4) is 16.9 Å². The lowest BCUT2D eigenvalue weighted by Gasteiger charge is -2.03. The minimum Gasteiger partial charge on any atom is -0.508 e. The first-order valence-electron chi connectivity index (χ1n) is 4.31. The number of rotatable bonds is 1. The Morgan fingerprint density at radius 1 is 0.929 bits per heavy atom. The van der Waals surface area contributed by atoms with E-state index in [4.69, 9.17) is 0 Å². The highest BCUT2D eigenvalue weighted by Crippen LogP contribution is 2.25. The van der Waals surface area contributed by atoms with Crippen LogP contribution in [-0.2, 0) is 0 Å². The minimum atomic E-state index is -0.325. The average Bonchev–Trinajstić information content (AvgIpc) is 2.23. The summed E-state index contributed by atoms with van der Waals surface area (Å²) in [5, 5.41) is 9.23. The lowest BCUT2D eigenvalue weighted by molar-refractivity contribution is 0.473. The highest BCUT2D eigenvalue weighted by molar-refractivity contribution is 5.65. The summed E-state index contributed by atoms with van der Waals surface area (Å²) in [4.78, 5) is 0. The summed E-state index contributed by atoms with van der Waals surface area (Å²) < 4.78 is 13.3. The molecule has 0 amide bonds. The van der Waals surface area contributed by atoms with Crippen LogP contribution in [0.1, 0.15) is 0 Å². The van der Waals surface area contributed by atoms with Crippen molar-refractivity contribution in [3.63, 3.8) is 0 Å². The van der Waals surface area contributed by atoms with Crippen LogP contribution in [0.4, 0.5) is 4.39 Å². The predicted octanol–water partition coefficient (Wildman–Crippen LogP) is 3.20. The molecule has 0 radical (unpaired) electrons.